The van der Waals surface area contributed by atoms with Gasteiger partial charge in [-0.15, -0.1) is 11.3 Å². The van der Waals surface area contributed by atoms with E-state index in [1.807, 2.05) is 12.1 Å². The summed E-state index contributed by atoms with van der Waals surface area (Å²) in [5.74, 6) is -2.00. The van der Waals surface area contributed by atoms with Gasteiger partial charge in [0.15, 0.2) is 0 Å². The van der Waals surface area contributed by atoms with Gasteiger partial charge in [-0.25, -0.2) is 9.59 Å². The Hall–Kier alpha value is -3.13. The highest BCUT2D eigenvalue weighted by molar-refractivity contribution is 7.26. The number of halogens is 3. The Morgan fingerprint density at radius 1 is 1.03 bits per heavy atom. The van der Waals surface area contributed by atoms with Gasteiger partial charge in [-0.2, -0.15) is 13.2 Å². The number of benzene rings is 2. The van der Waals surface area contributed by atoms with Crippen LogP contribution in [0, 0.1) is 0 Å². The van der Waals surface area contributed by atoms with E-state index < -0.39 is 29.4 Å². The Bertz CT molecular complexity index is 1140. The smallest absolute Gasteiger partial charge is 0.421 e. The van der Waals surface area contributed by atoms with Crippen molar-refractivity contribution >= 4 is 43.4 Å². The Morgan fingerprint density at radius 3 is 2.40 bits per heavy atom. The predicted octanol–water partition coefficient (Wildman–Crippen LogP) is 5.83. The molecule has 0 N–H and O–H groups in total. The summed E-state index contributed by atoms with van der Waals surface area (Å²) >= 11 is 0.990. The summed E-state index contributed by atoms with van der Waals surface area (Å²) in [5.41, 5.74) is -0.0649. The largest absolute Gasteiger partial charge is 0.463 e. The van der Waals surface area contributed by atoms with Crippen LogP contribution in [0.5, 0.6) is 5.75 Å². The van der Waals surface area contributed by atoms with E-state index in [0.717, 1.165) is 35.1 Å². The molecule has 0 unspecified atom stereocenters. The zero-order valence-electron chi connectivity index (χ0n) is 15.8. The van der Waals surface area contributed by atoms with Crippen molar-refractivity contribution < 1.29 is 32.2 Å². The van der Waals surface area contributed by atoms with Crippen molar-refractivity contribution in [2.24, 2.45) is 0 Å². The maximum absolute atomic E-state index is 13.8. The first-order valence-electron chi connectivity index (χ1n) is 8.93. The van der Waals surface area contributed by atoms with E-state index in [9.17, 15) is 22.8 Å². The second-order valence-corrected chi connectivity index (χ2v) is 7.40. The van der Waals surface area contributed by atoms with Crippen LogP contribution in [-0.2, 0) is 26.9 Å². The second kappa shape index (κ2) is 8.71. The molecule has 2 aromatic carbocycles. The number of thiophene rings is 1. The standard InChI is InChI=1S/C22H17F3O4S/c1-3-18(26)28-11-5-6-13-7-8-14-15-9-10-16(29-19(27)4-2)20(22(23,24)25)21(15)30-17(14)12-13/h3-4,7-10,12H,1-2,5-6,11H2. The van der Waals surface area contributed by atoms with E-state index in [0.29, 0.717) is 28.3 Å². The van der Waals surface area contributed by atoms with Crippen LogP contribution in [-0.4, -0.2) is 18.5 Å². The zero-order chi connectivity index (χ0) is 21.9. The molecule has 0 radical (unpaired) electrons. The third kappa shape index (κ3) is 4.54. The van der Waals surface area contributed by atoms with Crippen molar-refractivity contribution in [1.29, 1.82) is 0 Å². The molecule has 8 heteroatoms. The van der Waals surface area contributed by atoms with E-state index in [4.69, 9.17) is 9.47 Å². The molecule has 1 heterocycles. The fourth-order valence-electron chi connectivity index (χ4n) is 3.03. The first-order chi connectivity index (χ1) is 14.2. The lowest BCUT2D eigenvalue weighted by Gasteiger charge is -2.13. The van der Waals surface area contributed by atoms with Crippen LogP contribution < -0.4 is 4.74 Å². The fourth-order valence-corrected chi connectivity index (χ4v) is 4.36. The third-order valence-electron chi connectivity index (χ3n) is 4.35. The molecule has 0 aliphatic rings. The fraction of sp³-hybridized carbons (Fsp3) is 0.182. The van der Waals surface area contributed by atoms with E-state index in [-0.39, 0.29) is 11.3 Å². The molecule has 0 aliphatic carbocycles. The molecule has 0 spiro atoms. The summed E-state index contributed by atoms with van der Waals surface area (Å²) in [5, 5.41) is 1.12. The third-order valence-corrected chi connectivity index (χ3v) is 5.53. The molecule has 1 aromatic heterocycles. The molecule has 0 saturated carbocycles. The summed E-state index contributed by atoms with van der Waals surface area (Å²) in [7, 11) is 0. The van der Waals surface area contributed by atoms with Crippen molar-refractivity contribution in [2.45, 2.75) is 19.0 Å². The number of esters is 2. The Balaban J connectivity index is 1.98. The molecule has 30 heavy (non-hydrogen) atoms. The van der Waals surface area contributed by atoms with Gasteiger partial charge < -0.3 is 9.47 Å². The molecule has 3 rings (SSSR count). The molecule has 0 fully saturated rings. The van der Waals surface area contributed by atoms with Gasteiger partial charge in [-0.1, -0.05) is 25.3 Å². The quantitative estimate of drug-likeness (QED) is 0.203. The number of carbonyl (C=O) groups is 2. The molecule has 0 aliphatic heterocycles. The van der Waals surface area contributed by atoms with Crippen molar-refractivity contribution in [3.8, 4) is 5.75 Å². The van der Waals surface area contributed by atoms with Gasteiger partial charge >= 0.3 is 18.1 Å². The number of carbonyl (C=O) groups excluding carboxylic acids is 2. The van der Waals surface area contributed by atoms with Crippen LogP contribution in [0.3, 0.4) is 0 Å². The van der Waals surface area contributed by atoms with Crippen molar-refractivity contribution in [1.82, 2.24) is 0 Å². The van der Waals surface area contributed by atoms with Crippen LogP contribution in [0.4, 0.5) is 13.2 Å². The molecule has 156 valence electrons. The molecular weight excluding hydrogens is 417 g/mol. The highest BCUT2D eigenvalue weighted by atomic mass is 32.1. The predicted molar refractivity (Wildman–Crippen MR) is 110 cm³/mol. The molecule has 0 atom stereocenters. The van der Waals surface area contributed by atoms with Gasteiger partial charge in [-0.3, -0.25) is 0 Å². The highest BCUT2D eigenvalue weighted by Crippen LogP contribution is 2.46. The maximum Gasteiger partial charge on any atom is 0.421 e. The normalized spacial score (nSPS) is 11.4. The van der Waals surface area contributed by atoms with Gasteiger partial charge in [0, 0.05) is 27.6 Å². The Labute approximate surface area is 174 Å². The molecule has 0 saturated heterocycles. The van der Waals surface area contributed by atoms with Gasteiger partial charge in [0.1, 0.15) is 11.3 Å². The summed E-state index contributed by atoms with van der Waals surface area (Å²) in [6.45, 7) is 6.76. The number of fused-ring (bicyclic) bond motifs is 3. The average molecular weight is 434 g/mol. The first kappa shape index (κ1) is 21.6. The number of hydrogen-bond acceptors (Lipinski definition) is 5. The molecule has 0 bridgehead atoms. The minimum absolute atomic E-state index is 0.00363. The Kier molecular flexibility index (Phi) is 6.26. The van der Waals surface area contributed by atoms with Gasteiger partial charge in [0.2, 0.25) is 0 Å². The van der Waals surface area contributed by atoms with Gasteiger partial charge in [-0.05, 0) is 36.6 Å². The van der Waals surface area contributed by atoms with Crippen LogP contribution >= 0.6 is 11.3 Å². The number of aryl methyl sites for hydroxylation is 1. The van der Waals surface area contributed by atoms with E-state index >= 15 is 0 Å². The maximum atomic E-state index is 13.8. The lowest BCUT2D eigenvalue weighted by atomic mass is 10.0. The number of ether oxygens (including phenoxy) is 2. The highest BCUT2D eigenvalue weighted by Gasteiger charge is 2.38. The van der Waals surface area contributed by atoms with Crippen LogP contribution in [0.15, 0.2) is 55.6 Å². The average Bonchev–Trinajstić information content (AvgIpc) is 3.07. The van der Waals surface area contributed by atoms with Crippen molar-refractivity contribution in [3.63, 3.8) is 0 Å². The van der Waals surface area contributed by atoms with Gasteiger partial charge in [0.05, 0.1) is 11.3 Å². The van der Waals surface area contributed by atoms with Gasteiger partial charge in [0.25, 0.3) is 0 Å². The lowest BCUT2D eigenvalue weighted by molar-refractivity contribution is -0.140. The van der Waals surface area contributed by atoms with Crippen LogP contribution in [0.2, 0.25) is 0 Å². The number of alkyl halides is 3. The summed E-state index contributed by atoms with van der Waals surface area (Å²) in [4.78, 5) is 22.5. The molecule has 0 amide bonds. The number of hydrogen-bond donors (Lipinski definition) is 0. The topological polar surface area (TPSA) is 52.6 Å². The Morgan fingerprint density at radius 2 is 1.73 bits per heavy atom. The minimum Gasteiger partial charge on any atom is -0.463 e. The van der Waals surface area contributed by atoms with Crippen molar-refractivity contribution in [3.05, 3.63) is 66.8 Å². The SMILES string of the molecule is C=CC(=O)OCCCc1ccc2c(c1)sc1c(C(F)(F)F)c(OC(=O)C=C)ccc12. The van der Waals surface area contributed by atoms with E-state index in [2.05, 4.69) is 13.2 Å². The summed E-state index contributed by atoms with van der Waals surface area (Å²) in [6, 6.07) is 8.10. The van der Waals surface area contributed by atoms with E-state index in [1.54, 1.807) is 6.07 Å². The second-order valence-electron chi connectivity index (χ2n) is 6.35. The minimum atomic E-state index is -4.70. The lowest BCUT2D eigenvalue weighted by Crippen LogP contribution is -2.11. The summed E-state index contributed by atoms with van der Waals surface area (Å²) in [6.07, 6.45) is -1.63. The molecule has 3 aromatic rings. The zero-order valence-corrected chi connectivity index (χ0v) is 16.6. The van der Waals surface area contributed by atoms with Crippen LogP contribution in [0.1, 0.15) is 17.5 Å². The summed E-state index contributed by atoms with van der Waals surface area (Å²) < 4.78 is 51.8. The number of rotatable bonds is 7. The van der Waals surface area contributed by atoms with E-state index in [1.165, 1.54) is 6.07 Å². The van der Waals surface area contributed by atoms with Crippen LogP contribution in [0.25, 0.3) is 20.2 Å². The van der Waals surface area contributed by atoms with Crippen molar-refractivity contribution in [2.75, 3.05) is 6.61 Å². The molecule has 4 nitrogen and oxygen atoms in total. The molecular formula is C22H17F3O4S. The first-order valence-corrected chi connectivity index (χ1v) is 9.75. The monoisotopic (exact) mass is 434 g/mol.